The third-order valence-electron chi connectivity index (χ3n) is 4.70. The zero-order chi connectivity index (χ0) is 16.9. The Kier molecular flexibility index (Phi) is 5.18. The highest BCUT2D eigenvalue weighted by Gasteiger charge is 2.16. The average molecular weight is 327 g/mol. The summed E-state index contributed by atoms with van der Waals surface area (Å²) in [6.07, 6.45) is 6.57. The molecule has 0 radical (unpaired) electrons. The number of aromatic nitrogens is 1. The molecule has 2 amide bonds. The summed E-state index contributed by atoms with van der Waals surface area (Å²) >= 11 is 0. The minimum absolute atomic E-state index is 0.0472. The molecule has 0 unspecified atom stereocenters. The molecule has 5 heteroatoms. The number of benzene rings is 1. The fourth-order valence-corrected chi connectivity index (χ4v) is 3.36. The van der Waals surface area contributed by atoms with Crippen LogP contribution in [0.2, 0.25) is 0 Å². The second kappa shape index (κ2) is 7.51. The Bertz CT molecular complexity index is 735. The van der Waals surface area contributed by atoms with E-state index in [0.717, 1.165) is 49.7 Å². The molecule has 2 aromatic rings. The molecule has 1 N–H and O–H groups in total. The first-order valence-corrected chi connectivity index (χ1v) is 8.77. The van der Waals surface area contributed by atoms with E-state index in [2.05, 4.69) is 5.32 Å². The number of amides is 2. The van der Waals surface area contributed by atoms with Gasteiger partial charge in [-0.05, 0) is 25.3 Å². The van der Waals surface area contributed by atoms with Gasteiger partial charge in [0.15, 0.2) is 0 Å². The van der Waals surface area contributed by atoms with Crippen molar-refractivity contribution in [3.05, 3.63) is 36.0 Å². The smallest absolute Gasteiger partial charge is 0.253 e. The van der Waals surface area contributed by atoms with Gasteiger partial charge < -0.3 is 14.8 Å². The molecule has 24 heavy (non-hydrogen) atoms. The molecule has 128 valence electrons. The van der Waals surface area contributed by atoms with E-state index < -0.39 is 0 Å². The molecule has 0 saturated carbocycles. The summed E-state index contributed by atoms with van der Waals surface area (Å²) in [5.41, 5.74) is 1.76. The van der Waals surface area contributed by atoms with E-state index in [0.29, 0.717) is 18.5 Å². The average Bonchev–Trinajstić information content (AvgIpc) is 2.79. The van der Waals surface area contributed by atoms with Crippen molar-refractivity contribution in [1.82, 2.24) is 14.8 Å². The second-order valence-corrected chi connectivity index (χ2v) is 6.47. The maximum atomic E-state index is 12.4. The summed E-state index contributed by atoms with van der Waals surface area (Å²) in [5.74, 6) is 0.210. The highest BCUT2D eigenvalue weighted by molar-refractivity contribution is 6.06. The summed E-state index contributed by atoms with van der Waals surface area (Å²) in [6.45, 7) is 2.18. The van der Waals surface area contributed by atoms with Crippen molar-refractivity contribution < 1.29 is 9.59 Å². The van der Waals surface area contributed by atoms with Crippen molar-refractivity contribution in [2.75, 3.05) is 19.6 Å². The Hall–Kier alpha value is -2.30. The molecule has 0 atom stereocenters. The number of carbonyl (C=O) groups is 2. The Morgan fingerprint density at radius 2 is 2.04 bits per heavy atom. The Balaban J connectivity index is 1.53. The molecule has 1 saturated heterocycles. The zero-order valence-corrected chi connectivity index (χ0v) is 14.3. The summed E-state index contributed by atoms with van der Waals surface area (Å²) in [5, 5.41) is 3.96. The van der Waals surface area contributed by atoms with Crippen molar-refractivity contribution in [1.29, 1.82) is 0 Å². The third-order valence-corrected chi connectivity index (χ3v) is 4.70. The lowest BCUT2D eigenvalue weighted by molar-refractivity contribution is -0.130. The maximum Gasteiger partial charge on any atom is 0.253 e. The van der Waals surface area contributed by atoms with Crippen molar-refractivity contribution in [3.8, 4) is 0 Å². The molecule has 1 fully saturated rings. The zero-order valence-electron chi connectivity index (χ0n) is 14.3. The molecule has 2 heterocycles. The van der Waals surface area contributed by atoms with Crippen molar-refractivity contribution in [2.24, 2.45) is 7.05 Å². The van der Waals surface area contributed by atoms with E-state index in [4.69, 9.17) is 0 Å². The minimum atomic E-state index is -0.0472. The minimum Gasteiger partial charge on any atom is -0.352 e. The fourth-order valence-electron chi connectivity index (χ4n) is 3.36. The van der Waals surface area contributed by atoms with Crippen LogP contribution in [-0.2, 0) is 11.8 Å². The Labute approximate surface area is 142 Å². The quantitative estimate of drug-likeness (QED) is 0.859. The lowest BCUT2D eigenvalue weighted by Gasteiger charge is -2.20. The number of nitrogens with zero attached hydrogens (tertiary/aromatic N) is 2. The van der Waals surface area contributed by atoms with Crippen LogP contribution in [0.1, 0.15) is 42.5 Å². The standard InChI is InChI=1S/C19H25N3O2/c1-21-14-16(15-8-4-5-9-17(15)21)19(24)20-11-7-13-22-12-6-2-3-10-18(22)23/h4-5,8-9,14H,2-3,6-7,10-13H2,1H3,(H,20,24). The SMILES string of the molecule is Cn1cc(C(=O)NCCCN2CCCCCC2=O)c2ccccc21. The number of hydrogen-bond acceptors (Lipinski definition) is 2. The predicted molar refractivity (Wildman–Crippen MR) is 94.9 cm³/mol. The van der Waals surface area contributed by atoms with Crippen LogP contribution in [0, 0.1) is 0 Å². The molecule has 1 aliphatic heterocycles. The van der Waals surface area contributed by atoms with Crippen LogP contribution in [0.3, 0.4) is 0 Å². The number of hydrogen-bond donors (Lipinski definition) is 1. The number of aryl methyl sites for hydroxylation is 1. The van der Waals surface area contributed by atoms with Gasteiger partial charge >= 0.3 is 0 Å². The predicted octanol–water partition coefficient (Wildman–Crippen LogP) is 2.70. The van der Waals surface area contributed by atoms with Crippen LogP contribution in [0.25, 0.3) is 10.9 Å². The van der Waals surface area contributed by atoms with Gasteiger partial charge in [-0.2, -0.15) is 0 Å². The van der Waals surface area contributed by atoms with E-state index in [1.54, 1.807) is 0 Å². The number of para-hydroxylation sites is 1. The van der Waals surface area contributed by atoms with Crippen molar-refractivity contribution in [2.45, 2.75) is 32.1 Å². The first-order valence-electron chi connectivity index (χ1n) is 8.77. The number of likely N-dealkylation sites (tertiary alicyclic amines) is 1. The molecule has 1 aromatic heterocycles. The van der Waals surface area contributed by atoms with E-state index in [1.165, 1.54) is 0 Å². The van der Waals surface area contributed by atoms with Crippen molar-refractivity contribution >= 4 is 22.7 Å². The molecule has 1 aromatic carbocycles. The van der Waals surface area contributed by atoms with Crippen LogP contribution in [0.15, 0.2) is 30.5 Å². The van der Waals surface area contributed by atoms with Gasteiger partial charge in [-0.3, -0.25) is 9.59 Å². The lowest BCUT2D eigenvalue weighted by Crippen LogP contribution is -2.33. The maximum absolute atomic E-state index is 12.4. The van der Waals surface area contributed by atoms with Gasteiger partial charge in [0, 0.05) is 50.2 Å². The van der Waals surface area contributed by atoms with E-state index in [9.17, 15) is 9.59 Å². The molecule has 3 rings (SSSR count). The Morgan fingerprint density at radius 1 is 1.21 bits per heavy atom. The van der Waals surface area contributed by atoms with E-state index in [-0.39, 0.29) is 11.8 Å². The highest BCUT2D eigenvalue weighted by atomic mass is 16.2. The van der Waals surface area contributed by atoms with E-state index >= 15 is 0 Å². The van der Waals surface area contributed by atoms with Crippen LogP contribution in [-0.4, -0.2) is 40.9 Å². The number of carbonyl (C=O) groups excluding carboxylic acids is 2. The van der Waals surface area contributed by atoms with Crippen LogP contribution in [0.4, 0.5) is 0 Å². The summed E-state index contributed by atoms with van der Waals surface area (Å²) in [6, 6.07) is 7.91. The molecule has 0 spiro atoms. The lowest BCUT2D eigenvalue weighted by atomic mass is 10.1. The number of rotatable bonds is 5. The van der Waals surface area contributed by atoms with Crippen LogP contribution >= 0.6 is 0 Å². The topological polar surface area (TPSA) is 54.3 Å². The van der Waals surface area contributed by atoms with Gasteiger partial charge in [-0.1, -0.05) is 24.6 Å². The largest absolute Gasteiger partial charge is 0.352 e. The normalized spacial score (nSPS) is 15.5. The molecule has 5 nitrogen and oxygen atoms in total. The fraction of sp³-hybridized carbons (Fsp3) is 0.474. The monoisotopic (exact) mass is 327 g/mol. The van der Waals surface area contributed by atoms with Crippen LogP contribution in [0.5, 0.6) is 0 Å². The van der Waals surface area contributed by atoms with E-state index in [1.807, 2.05) is 47.0 Å². The third kappa shape index (κ3) is 3.61. The molecular weight excluding hydrogens is 302 g/mol. The van der Waals surface area contributed by atoms with Gasteiger partial charge in [0.2, 0.25) is 5.91 Å². The Morgan fingerprint density at radius 3 is 2.92 bits per heavy atom. The summed E-state index contributed by atoms with van der Waals surface area (Å²) < 4.78 is 1.97. The van der Waals surface area contributed by atoms with Gasteiger partial charge in [0.05, 0.1) is 5.56 Å². The highest BCUT2D eigenvalue weighted by Crippen LogP contribution is 2.20. The molecule has 1 aliphatic rings. The van der Waals surface area contributed by atoms with Gasteiger partial charge in [-0.25, -0.2) is 0 Å². The van der Waals surface area contributed by atoms with Gasteiger partial charge in [0.1, 0.15) is 0 Å². The molecule has 0 aliphatic carbocycles. The summed E-state index contributed by atoms with van der Waals surface area (Å²) in [7, 11) is 1.95. The first-order chi connectivity index (χ1) is 11.7. The van der Waals surface area contributed by atoms with Crippen LogP contribution < -0.4 is 5.32 Å². The number of fused-ring (bicyclic) bond motifs is 1. The molecular formula is C19H25N3O2. The second-order valence-electron chi connectivity index (χ2n) is 6.47. The van der Waals surface area contributed by atoms with Gasteiger partial charge in [-0.15, -0.1) is 0 Å². The molecule has 0 bridgehead atoms. The van der Waals surface area contributed by atoms with Gasteiger partial charge in [0.25, 0.3) is 5.91 Å². The summed E-state index contributed by atoms with van der Waals surface area (Å²) in [4.78, 5) is 26.3. The van der Waals surface area contributed by atoms with Crippen molar-refractivity contribution in [3.63, 3.8) is 0 Å². The number of nitrogens with one attached hydrogen (secondary N) is 1. The first kappa shape index (κ1) is 16.6.